The van der Waals surface area contributed by atoms with Crippen molar-refractivity contribution in [2.75, 3.05) is 6.54 Å². The number of nitrogens with one attached hydrogen (secondary N) is 2. The van der Waals surface area contributed by atoms with Crippen LogP contribution in [0.1, 0.15) is 24.1 Å². The number of hydrogen-bond donors (Lipinski definition) is 2. The van der Waals surface area contributed by atoms with Gasteiger partial charge in [-0.15, -0.1) is 0 Å². The van der Waals surface area contributed by atoms with Crippen LogP contribution in [0.25, 0.3) is 0 Å². The molecule has 0 spiro atoms. The number of aromatic amines is 1. The molecular weight excluding hydrogens is 207 g/mol. The second-order valence-corrected chi connectivity index (χ2v) is 3.77. The summed E-state index contributed by atoms with van der Waals surface area (Å²) in [6, 6.07) is 0.156. The molecule has 0 radical (unpaired) electrons. The Morgan fingerprint density at radius 2 is 2.27 bits per heavy atom. The number of H-pyrrole nitrogens is 1. The Bertz CT molecular complexity index is 326. The van der Waals surface area contributed by atoms with E-state index in [1.54, 1.807) is 0 Å². The van der Waals surface area contributed by atoms with Crippen LogP contribution in [0.5, 0.6) is 0 Å². The molecule has 6 heteroatoms. The van der Waals surface area contributed by atoms with E-state index in [2.05, 4.69) is 10.4 Å². The molecule has 2 N–H and O–H groups in total. The minimum Gasteiger partial charge on any atom is -0.314 e. The van der Waals surface area contributed by atoms with Gasteiger partial charge in [0.15, 0.2) is 0 Å². The average molecular weight is 219 g/mol. The quantitative estimate of drug-likeness (QED) is 0.795. The first kappa shape index (κ1) is 10.5. The van der Waals surface area contributed by atoms with Crippen LogP contribution in [0.2, 0.25) is 0 Å². The number of hydrogen-bond acceptors (Lipinski definition) is 2. The lowest BCUT2D eigenvalue weighted by atomic mass is 10.1. The normalized spacial score (nSPS) is 22.2. The summed E-state index contributed by atoms with van der Waals surface area (Å²) in [6.45, 7) is 0.893. The summed E-state index contributed by atoms with van der Waals surface area (Å²) in [4.78, 5) is 0. The van der Waals surface area contributed by atoms with Gasteiger partial charge in [0.05, 0.1) is 6.20 Å². The third-order valence-corrected chi connectivity index (χ3v) is 2.63. The van der Waals surface area contributed by atoms with E-state index in [1.165, 1.54) is 6.20 Å². The zero-order valence-electron chi connectivity index (χ0n) is 8.06. The van der Waals surface area contributed by atoms with Crippen LogP contribution in [0.15, 0.2) is 6.20 Å². The van der Waals surface area contributed by atoms with Crippen molar-refractivity contribution in [3.8, 4) is 0 Å². The van der Waals surface area contributed by atoms with Crippen LogP contribution < -0.4 is 5.32 Å². The van der Waals surface area contributed by atoms with Gasteiger partial charge in [0, 0.05) is 11.6 Å². The molecule has 84 valence electrons. The van der Waals surface area contributed by atoms with Crippen LogP contribution in [0.3, 0.4) is 0 Å². The van der Waals surface area contributed by atoms with E-state index in [1.807, 2.05) is 5.10 Å². The molecule has 1 saturated heterocycles. The molecule has 0 saturated carbocycles. The van der Waals surface area contributed by atoms with Crippen molar-refractivity contribution in [2.24, 2.45) is 0 Å². The van der Waals surface area contributed by atoms with Crippen LogP contribution in [0, 0.1) is 0 Å². The second-order valence-electron chi connectivity index (χ2n) is 3.77. The van der Waals surface area contributed by atoms with Crippen LogP contribution in [-0.2, 0) is 12.6 Å². The average Bonchev–Trinajstić information content (AvgIpc) is 2.73. The van der Waals surface area contributed by atoms with Crippen LogP contribution in [-0.4, -0.2) is 22.8 Å². The van der Waals surface area contributed by atoms with E-state index in [0.29, 0.717) is 6.42 Å². The van der Waals surface area contributed by atoms with Gasteiger partial charge in [-0.05, 0) is 25.8 Å². The van der Waals surface area contributed by atoms with Crippen LogP contribution in [0.4, 0.5) is 13.2 Å². The second kappa shape index (κ2) is 3.84. The van der Waals surface area contributed by atoms with Crippen molar-refractivity contribution in [1.29, 1.82) is 0 Å². The Kier molecular flexibility index (Phi) is 2.68. The van der Waals surface area contributed by atoms with Crippen molar-refractivity contribution in [3.63, 3.8) is 0 Å². The number of aromatic nitrogens is 2. The minimum atomic E-state index is -4.33. The van der Waals surface area contributed by atoms with Crippen LogP contribution >= 0.6 is 0 Å². The highest BCUT2D eigenvalue weighted by molar-refractivity contribution is 5.20. The molecule has 1 aliphatic rings. The fraction of sp³-hybridized carbons (Fsp3) is 0.667. The van der Waals surface area contributed by atoms with Gasteiger partial charge < -0.3 is 5.32 Å². The molecule has 0 aliphatic carbocycles. The topological polar surface area (TPSA) is 40.7 Å². The number of rotatable bonds is 2. The summed E-state index contributed by atoms with van der Waals surface area (Å²) in [6.07, 6.45) is -0.703. The summed E-state index contributed by atoms with van der Waals surface area (Å²) in [7, 11) is 0. The Hall–Kier alpha value is -1.04. The van der Waals surface area contributed by atoms with Gasteiger partial charge in [-0.1, -0.05) is 0 Å². The van der Waals surface area contributed by atoms with Gasteiger partial charge in [-0.2, -0.15) is 18.3 Å². The summed E-state index contributed by atoms with van der Waals surface area (Å²) < 4.78 is 37.4. The van der Waals surface area contributed by atoms with Gasteiger partial charge >= 0.3 is 6.18 Å². The van der Waals surface area contributed by atoms with E-state index in [9.17, 15) is 13.2 Å². The molecule has 0 bridgehead atoms. The molecule has 1 aromatic rings. The SMILES string of the molecule is FC(F)(F)c1[nH]ncc1CC1CCCN1. The molecule has 2 rings (SSSR count). The third-order valence-electron chi connectivity index (χ3n) is 2.63. The monoisotopic (exact) mass is 219 g/mol. The van der Waals surface area contributed by atoms with E-state index in [4.69, 9.17) is 0 Å². The first-order valence-electron chi connectivity index (χ1n) is 4.90. The Labute approximate surface area is 85.1 Å². The first-order chi connectivity index (χ1) is 7.07. The summed E-state index contributed by atoms with van der Waals surface area (Å²) in [5.74, 6) is 0. The van der Waals surface area contributed by atoms with Gasteiger partial charge in [0.2, 0.25) is 0 Å². The molecule has 1 aliphatic heterocycles. The largest absolute Gasteiger partial charge is 0.433 e. The third kappa shape index (κ3) is 2.31. The smallest absolute Gasteiger partial charge is 0.314 e. The maximum absolute atomic E-state index is 12.5. The highest BCUT2D eigenvalue weighted by Crippen LogP contribution is 2.30. The molecule has 1 fully saturated rings. The summed E-state index contributed by atoms with van der Waals surface area (Å²) in [5, 5.41) is 8.64. The lowest BCUT2D eigenvalue weighted by molar-refractivity contribution is -0.141. The standard InChI is InChI=1S/C9H12F3N3/c10-9(11,12)8-6(5-14-15-8)4-7-2-1-3-13-7/h5,7,13H,1-4H2,(H,14,15). The first-order valence-corrected chi connectivity index (χ1v) is 4.90. The van der Waals surface area contributed by atoms with Crippen molar-refractivity contribution >= 4 is 0 Å². The van der Waals surface area contributed by atoms with Gasteiger partial charge in [0.1, 0.15) is 5.69 Å². The van der Waals surface area contributed by atoms with Gasteiger partial charge in [0.25, 0.3) is 0 Å². The number of halogens is 3. The lowest BCUT2D eigenvalue weighted by Gasteiger charge is -2.11. The van der Waals surface area contributed by atoms with E-state index < -0.39 is 11.9 Å². The molecule has 15 heavy (non-hydrogen) atoms. The summed E-state index contributed by atoms with van der Waals surface area (Å²) >= 11 is 0. The molecule has 1 aromatic heterocycles. The van der Waals surface area contributed by atoms with Gasteiger partial charge in [-0.25, -0.2) is 0 Å². The van der Waals surface area contributed by atoms with Crippen molar-refractivity contribution in [2.45, 2.75) is 31.5 Å². The lowest BCUT2D eigenvalue weighted by Crippen LogP contribution is -2.24. The zero-order valence-corrected chi connectivity index (χ0v) is 8.06. The maximum atomic E-state index is 12.5. The van der Waals surface area contributed by atoms with Crippen molar-refractivity contribution in [3.05, 3.63) is 17.5 Å². The highest BCUT2D eigenvalue weighted by Gasteiger charge is 2.36. The fourth-order valence-corrected chi connectivity index (χ4v) is 1.91. The Morgan fingerprint density at radius 1 is 1.47 bits per heavy atom. The molecule has 2 heterocycles. The highest BCUT2D eigenvalue weighted by atomic mass is 19.4. The molecule has 0 amide bonds. The summed E-state index contributed by atoms with van der Waals surface area (Å²) in [5.41, 5.74) is -0.460. The molecule has 3 nitrogen and oxygen atoms in total. The minimum absolute atomic E-state index is 0.156. The number of nitrogens with zero attached hydrogens (tertiary/aromatic N) is 1. The molecule has 1 atom stereocenters. The molecular formula is C9H12F3N3. The fourth-order valence-electron chi connectivity index (χ4n) is 1.91. The number of alkyl halides is 3. The zero-order chi connectivity index (χ0) is 10.9. The van der Waals surface area contributed by atoms with Crippen molar-refractivity contribution < 1.29 is 13.2 Å². The van der Waals surface area contributed by atoms with E-state index in [-0.39, 0.29) is 11.6 Å². The van der Waals surface area contributed by atoms with E-state index >= 15 is 0 Å². The molecule has 1 unspecified atom stereocenters. The predicted octanol–water partition coefficient (Wildman–Crippen LogP) is 1.72. The Morgan fingerprint density at radius 3 is 2.87 bits per heavy atom. The van der Waals surface area contributed by atoms with Gasteiger partial charge in [-0.3, -0.25) is 5.10 Å². The van der Waals surface area contributed by atoms with E-state index in [0.717, 1.165) is 19.4 Å². The van der Waals surface area contributed by atoms with Crippen molar-refractivity contribution in [1.82, 2.24) is 15.5 Å². The predicted molar refractivity (Wildman–Crippen MR) is 48.3 cm³/mol. The Balaban J connectivity index is 2.11. The molecule has 0 aromatic carbocycles. The maximum Gasteiger partial charge on any atom is 0.433 e.